The third-order valence-corrected chi connectivity index (χ3v) is 2.91. The molecule has 3 heteroatoms. The number of amides is 1. The number of rotatable bonds is 6. The molecule has 0 fully saturated rings. The van der Waals surface area contributed by atoms with Gasteiger partial charge in [0.15, 0.2) is 0 Å². The van der Waals surface area contributed by atoms with Crippen molar-refractivity contribution in [3.05, 3.63) is 35.4 Å². The van der Waals surface area contributed by atoms with Crippen LogP contribution >= 0.6 is 0 Å². The lowest BCUT2D eigenvalue weighted by Gasteiger charge is -2.20. The van der Waals surface area contributed by atoms with Crippen LogP contribution in [0.1, 0.15) is 31.4 Å². The van der Waals surface area contributed by atoms with Gasteiger partial charge in [-0.3, -0.25) is 4.79 Å². The number of carbonyl (C=O) groups excluding carboxylic acids is 1. The largest absolute Gasteiger partial charge is 0.343 e. The Morgan fingerprint density at radius 3 is 2.41 bits per heavy atom. The summed E-state index contributed by atoms with van der Waals surface area (Å²) in [6.07, 6.45) is 1.46. The van der Waals surface area contributed by atoms with Gasteiger partial charge in [0, 0.05) is 19.6 Å². The predicted octanol–water partition coefficient (Wildman–Crippen LogP) is 1.95. The lowest BCUT2D eigenvalue weighted by molar-refractivity contribution is -0.130. The molecule has 94 valence electrons. The third-order valence-electron chi connectivity index (χ3n) is 2.91. The molecule has 0 atom stereocenters. The molecule has 0 saturated heterocycles. The number of hydrogen-bond acceptors (Lipinski definition) is 2. The van der Waals surface area contributed by atoms with Crippen molar-refractivity contribution in [3.8, 4) is 0 Å². The molecule has 1 amide bonds. The number of carbonyl (C=O) groups is 1. The van der Waals surface area contributed by atoms with Gasteiger partial charge in [-0.1, -0.05) is 31.2 Å². The highest BCUT2D eigenvalue weighted by molar-refractivity contribution is 5.79. The van der Waals surface area contributed by atoms with Gasteiger partial charge in [-0.2, -0.15) is 0 Å². The predicted molar refractivity (Wildman–Crippen MR) is 70.6 cm³/mol. The van der Waals surface area contributed by atoms with Gasteiger partial charge in [0.25, 0.3) is 0 Å². The van der Waals surface area contributed by atoms with Crippen LogP contribution < -0.4 is 5.73 Å². The summed E-state index contributed by atoms with van der Waals surface area (Å²) in [5.74, 6) is 0.190. The minimum absolute atomic E-state index is 0.190. The fraction of sp³-hybridized carbons (Fsp3) is 0.500. The Hall–Kier alpha value is -1.35. The Morgan fingerprint density at radius 1 is 1.24 bits per heavy atom. The summed E-state index contributed by atoms with van der Waals surface area (Å²) in [6.45, 7) is 6.20. The van der Waals surface area contributed by atoms with Crippen molar-refractivity contribution in [2.75, 3.05) is 13.1 Å². The smallest absolute Gasteiger partial charge is 0.226 e. The number of hydrogen-bond donors (Lipinski definition) is 1. The van der Waals surface area contributed by atoms with Crippen LogP contribution in [0.2, 0.25) is 0 Å². The summed E-state index contributed by atoms with van der Waals surface area (Å²) in [4.78, 5) is 14.0. The fourth-order valence-electron chi connectivity index (χ4n) is 1.93. The number of nitrogens with zero attached hydrogens (tertiary/aromatic N) is 1. The van der Waals surface area contributed by atoms with Crippen molar-refractivity contribution in [2.45, 2.75) is 33.2 Å². The Balaban J connectivity index is 2.72. The van der Waals surface area contributed by atoms with E-state index in [4.69, 9.17) is 5.73 Å². The maximum Gasteiger partial charge on any atom is 0.226 e. The van der Waals surface area contributed by atoms with Gasteiger partial charge in [0.2, 0.25) is 5.91 Å². The van der Waals surface area contributed by atoms with Crippen LogP contribution in [0.25, 0.3) is 0 Å². The van der Waals surface area contributed by atoms with Crippen molar-refractivity contribution in [2.24, 2.45) is 5.73 Å². The van der Waals surface area contributed by atoms with Crippen LogP contribution in [-0.4, -0.2) is 23.9 Å². The second-order valence-corrected chi connectivity index (χ2v) is 4.12. The van der Waals surface area contributed by atoms with Gasteiger partial charge in [-0.15, -0.1) is 0 Å². The van der Waals surface area contributed by atoms with Gasteiger partial charge in [0.05, 0.1) is 6.42 Å². The first-order valence-corrected chi connectivity index (χ1v) is 6.27. The van der Waals surface area contributed by atoms with Gasteiger partial charge < -0.3 is 10.6 Å². The zero-order chi connectivity index (χ0) is 12.7. The van der Waals surface area contributed by atoms with Gasteiger partial charge in [0.1, 0.15) is 0 Å². The first-order valence-electron chi connectivity index (χ1n) is 6.27. The van der Waals surface area contributed by atoms with E-state index in [1.807, 2.05) is 36.1 Å². The van der Waals surface area contributed by atoms with E-state index in [9.17, 15) is 4.79 Å². The molecule has 0 saturated carbocycles. The van der Waals surface area contributed by atoms with Crippen LogP contribution in [0.5, 0.6) is 0 Å². The molecule has 0 heterocycles. The fourth-order valence-corrected chi connectivity index (χ4v) is 1.93. The monoisotopic (exact) mass is 234 g/mol. The van der Waals surface area contributed by atoms with Crippen LogP contribution in [-0.2, 0) is 17.8 Å². The molecular formula is C14H22N2O. The third kappa shape index (κ3) is 3.86. The molecule has 0 aliphatic heterocycles. The highest BCUT2D eigenvalue weighted by atomic mass is 16.2. The summed E-state index contributed by atoms with van der Waals surface area (Å²) < 4.78 is 0. The topological polar surface area (TPSA) is 46.3 Å². The van der Waals surface area contributed by atoms with Crippen molar-refractivity contribution in [3.63, 3.8) is 0 Å². The molecule has 2 N–H and O–H groups in total. The molecule has 0 aliphatic rings. The maximum absolute atomic E-state index is 12.1. The quantitative estimate of drug-likeness (QED) is 0.817. The van der Waals surface area contributed by atoms with Crippen LogP contribution in [0.15, 0.2) is 24.3 Å². The Bertz CT molecular complexity index is 363. The minimum Gasteiger partial charge on any atom is -0.343 e. The lowest BCUT2D eigenvalue weighted by Crippen LogP contribution is -2.33. The molecule has 3 nitrogen and oxygen atoms in total. The van der Waals surface area contributed by atoms with Crippen LogP contribution in [0.3, 0.4) is 0 Å². The average molecular weight is 234 g/mol. The number of benzene rings is 1. The highest BCUT2D eigenvalue weighted by Crippen LogP contribution is 2.10. The van der Waals surface area contributed by atoms with Gasteiger partial charge in [-0.05, 0) is 24.5 Å². The lowest BCUT2D eigenvalue weighted by atomic mass is 10.0. The number of likely N-dealkylation sites (N-methyl/N-ethyl adjacent to an activating group) is 1. The van der Waals surface area contributed by atoms with Gasteiger partial charge >= 0.3 is 0 Å². The SMILES string of the molecule is CCCN(CC)C(=O)Cc1ccccc1CN. The van der Waals surface area contributed by atoms with E-state index in [-0.39, 0.29) is 5.91 Å². The summed E-state index contributed by atoms with van der Waals surface area (Å²) in [5, 5.41) is 0. The molecule has 0 bridgehead atoms. The van der Waals surface area contributed by atoms with E-state index >= 15 is 0 Å². The minimum atomic E-state index is 0.190. The average Bonchev–Trinajstić information content (AvgIpc) is 2.36. The zero-order valence-corrected chi connectivity index (χ0v) is 10.8. The van der Waals surface area contributed by atoms with Crippen molar-refractivity contribution in [1.29, 1.82) is 0 Å². The molecule has 1 aromatic rings. The Labute approximate surface area is 104 Å². The first-order chi connectivity index (χ1) is 8.22. The molecule has 0 spiro atoms. The molecule has 1 aromatic carbocycles. The van der Waals surface area contributed by atoms with E-state index in [1.165, 1.54) is 0 Å². The summed E-state index contributed by atoms with van der Waals surface area (Å²) in [5.41, 5.74) is 7.78. The first kappa shape index (κ1) is 13.7. The molecule has 0 aromatic heterocycles. The van der Waals surface area contributed by atoms with E-state index in [0.717, 1.165) is 30.6 Å². The van der Waals surface area contributed by atoms with E-state index in [2.05, 4.69) is 6.92 Å². The summed E-state index contributed by atoms with van der Waals surface area (Å²) in [6, 6.07) is 7.89. The second-order valence-electron chi connectivity index (χ2n) is 4.12. The van der Waals surface area contributed by atoms with Crippen molar-refractivity contribution in [1.82, 2.24) is 4.90 Å². The standard InChI is InChI=1S/C14H22N2O/c1-3-9-16(4-2)14(17)10-12-7-5-6-8-13(12)11-15/h5-8H,3-4,9-11,15H2,1-2H3. The van der Waals surface area contributed by atoms with Crippen molar-refractivity contribution >= 4 is 5.91 Å². The normalized spacial score (nSPS) is 10.3. The Kier molecular flexibility index (Phi) is 5.70. The van der Waals surface area contributed by atoms with E-state index in [0.29, 0.717) is 13.0 Å². The molecule has 0 unspecified atom stereocenters. The molecule has 0 aliphatic carbocycles. The maximum atomic E-state index is 12.1. The summed E-state index contributed by atoms with van der Waals surface area (Å²) >= 11 is 0. The Morgan fingerprint density at radius 2 is 1.88 bits per heavy atom. The van der Waals surface area contributed by atoms with Crippen LogP contribution in [0, 0.1) is 0 Å². The number of nitrogens with two attached hydrogens (primary N) is 1. The molecule has 0 radical (unpaired) electrons. The molecule has 17 heavy (non-hydrogen) atoms. The molecular weight excluding hydrogens is 212 g/mol. The van der Waals surface area contributed by atoms with Crippen molar-refractivity contribution < 1.29 is 4.79 Å². The van der Waals surface area contributed by atoms with Gasteiger partial charge in [-0.25, -0.2) is 0 Å². The molecule has 1 rings (SSSR count). The summed E-state index contributed by atoms with van der Waals surface area (Å²) in [7, 11) is 0. The second kappa shape index (κ2) is 7.07. The van der Waals surface area contributed by atoms with Crippen LogP contribution in [0.4, 0.5) is 0 Å². The van der Waals surface area contributed by atoms with E-state index < -0.39 is 0 Å². The highest BCUT2D eigenvalue weighted by Gasteiger charge is 2.12. The van der Waals surface area contributed by atoms with E-state index in [1.54, 1.807) is 0 Å². The zero-order valence-electron chi connectivity index (χ0n) is 10.8.